The molecule has 0 radical (unpaired) electrons. The normalized spacial score (nSPS) is 10.8. The second-order valence-corrected chi connectivity index (χ2v) is 5.38. The molecule has 2 aliphatic rings. The highest BCUT2D eigenvalue weighted by atomic mass is 35.5. The summed E-state index contributed by atoms with van der Waals surface area (Å²) >= 11 is 5.76. The maximum Gasteiger partial charge on any atom is 0.349 e. The van der Waals surface area contributed by atoms with Crippen LogP contribution >= 0.6 is 11.6 Å². The molecule has 0 bridgehead atoms. The number of aromatic nitrogens is 4. The zero-order chi connectivity index (χ0) is 17.3. The molecule has 122 valence electrons. The van der Waals surface area contributed by atoms with Crippen LogP contribution in [0, 0.1) is 0 Å². The van der Waals surface area contributed by atoms with Gasteiger partial charge in [-0.3, -0.25) is 14.6 Å². The van der Waals surface area contributed by atoms with Gasteiger partial charge in [-0.25, -0.2) is 9.78 Å². The van der Waals surface area contributed by atoms with Gasteiger partial charge < -0.3 is 9.30 Å². The summed E-state index contributed by atoms with van der Waals surface area (Å²) in [6.45, 7) is 1.51. The molecule has 0 saturated heterocycles. The van der Waals surface area contributed by atoms with Crippen LogP contribution in [-0.4, -0.2) is 25.5 Å². The number of aromatic amines is 1. The summed E-state index contributed by atoms with van der Waals surface area (Å²) in [5.74, 6) is -0.184. The molecule has 3 heterocycles. The van der Waals surface area contributed by atoms with Gasteiger partial charge in [0.1, 0.15) is 10.9 Å². The van der Waals surface area contributed by atoms with Crippen LogP contribution in [0.25, 0.3) is 11.4 Å². The van der Waals surface area contributed by atoms with Crippen LogP contribution in [0.3, 0.4) is 0 Å². The van der Waals surface area contributed by atoms with Crippen molar-refractivity contribution in [3.8, 4) is 17.1 Å². The van der Waals surface area contributed by atoms with E-state index in [-0.39, 0.29) is 23.7 Å². The molecule has 8 nitrogen and oxygen atoms in total. The maximum atomic E-state index is 12.0. The Labute approximate surface area is 140 Å². The van der Waals surface area contributed by atoms with Gasteiger partial charge in [0.15, 0.2) is 5.82 Å². The minimum Gasteiger partial charge on any atom is -0.425 e. The average molecular weight is 347 g/mol. The second-order valence-electron chi connectivity index (χ2n) is 4.99. The van der Waals surface area contributed by atoms with Gasteiger partial charge in [-0.1, -0.05) is 17.7 Å². The first-order valence-corrected chi connectivity index (χ1v) is 7.23. The van der Waals surface area contributed by atoms with Gasteiger partial charge >= 0.3 is 11.7 Å². The lowest BCUT2D eigenvalue weighted by Gasteiger charge is -2.15. The lowest BCUT2D eigenvalue weighted by molar-refractivity contribution is -0.131. The number of pyridine rings is 2. The Morgan fingerprint density at radius 2 is 2.17 bits per heavy atom. The highest BCUT2D eigenvalue weighted by Gasteiger charge is 2.17. The van der Waals surface area contributed by atoms with Crippen LogP contribution in [0.5, 0.6) is 5.75 Å². The number of nitrogens with one attached hydrogen (secondary N) is 1. The summed E-state index contributed by atoms with van der Waals surface area (Å²) in [5, 5.41) is 0.346. The van der Waals surface area contributed by atoms with Crippen molar-refractivity contribution < 1.29 is 9.53 Å². The monoisotopic (exact) mass is 346 g/mol. The van der Waals surface area contributed by atoms with Crippen molar-refractivity contribution >= 4 is 17.6 Å². The molecule has 9 heteroatoms. The minimum absolute atomic E-state index is 0.135. The maximum absolute atomic E-state index is 12.0. The lowest BCUT2D eigenvalue weighted by Crippen LogP contribution is -2.27. The number of nitrogens with zero attached hydrogens (tertiary/aromatic N) is 3. The Kier molecular flexibility index (Phi) is 4.13. The quantitative estimate of drug-likeness (QED) is 0.561. The van der Waals surface area contributed by atoms with Crippen molar-refractivity contribution in [1.82, 2.24) is 19.5 Å². The molecule has 1 N–H and O–H groups in total. The summed E-state index contributed by atoms with van der Waals surface area (Å²) in [6.07, 6.45) is 3.05. The first-order chi connectivity index (χ1) is 11.4. The number of rotatable bonds is 3. The molecular weight excluding hydrogens is 336 g/mol. The van der Waals surface area contributed by atoms with Crippen molar-refractivity contribution in [1.29, 1.82) is 0 Å². The molecule has 24 heavy (non-hydrogen) atoms. The van der Waals surface area contributed by atoms with Gasteiger partial charge in [0, 0.05) is 19.3 Å². The van der Waals surface area contributed by atoms with E-state index in [1.807, 2.05) is 0 Å². The number of hydrogen-bond donors (Lipinski definition) is 1. The Balaban J connectivity index is 2.16. The number of hydrogen-bond acceptors (Lipinski definition) is 6. The van der Waals surface area contributed by atoms with E-state index in [1.165, 1.54) is 23.8 Å². The number of halogens is 1. The van der Waals surface area contributed by atoms with Gasteiger partial charge in [0.25, 0.3) is 5.56 Å². The van der Waals surface area contributed by atoms with Crippen LogP contribution in [0.4, 0.5) is 0 Å². The van der Waals surface area contributed by atoms with E-state index in [4.69, 9.17) is 16.3 Å². The summed E-state index contributed by atoms with van der Waals surface area (Å²) < 4.78 is 6.59. The molecule has 1 aromatic rings. The van der Waals surface area contributed by atoms with Crippen LogP contribution in [0.15, 0.2) is 40.2 Å². The van der Waals surface area contributed by atoms with Gasteiger partial charge in [0.05, 0.1) is 12.1 Å². The SMILES string of the molecule is CC(=O)Oc1cc2c(=O)[nH]c(=O)nc-2n(Cc2ccc(Cl)nc2)c1. The van der Waals surface area contributed by atoms with E-state index in [9.17, 15) is 14.4 Å². The Morgan fingerprint density at radius 3 is 2.83 bits per heavy atom. The van der Waals surface area contributed by atoms with E-state index in [2.05, 4.69) is 15.0 Å². The highest BCUT2D eigenvalue weighted by Crippen LogP contribution is 2.22. The third-order valence-corrected chi connectivity index (χ3v) is 3.38. The molecule has 0 aromatic carbocycles. The largest absolute Gasteiger partial charge is 0.425 e. The lowest BCUT2D eigenvalue weighted by atomic mass is 10.2. The summed E-state index contributed by atoms with van der Waals surface area (Å²) in [5.41, 5.74) is -0.465. The highest BCUT2D eigenvalue weighted by molar-refractivity contribution is 6.29. The number of H-pyrrole nitrogens is 1. The fourth-order valence-corrected chi connectivity index (χ4v) is 2.34. The second kappa shape index (κ2) is 6.25. The molecular formula is C15H11ClN4O4. The standard InChI is InChI=1S/C15H11ClN4O4/c1-8(21)24-10-4-11-13(18-15(23)19-14(11)22)20(7-10)6-9-2-3-12(16)17-5-9/h2-5,7H,6H2,1H3,(H,19,22,23). The number of carbonyl (C=O) groups is 1. The predicted octanol–water partition coefficient (Wildman–Crippen LogP) is 1.06. The molecule has 0 atom stereocenters. The topological polar surface area (TPSA) is 107 Å². The van der Waals surface area contributed by atoms with Crippen LogP contribution < -0.4 is 16.0 Å². The van der Waals surface area contributed by atoms with Crippen molar-refractivity contribution in [2.45, 2.75) is 13.5 Å². The van der Waals surface area contributed by atoms with Crippen LogP contribution in [0.1, 0.15) is 12.5 Å². The average Bonchev–Trinajstić information content (AvgIpc) is 2.50. The summed E-state index contributed by atoms with van der Waals surface area (Å²) in [7, 11) is 0. The van der Waals surface area contributed by atoms with E-state index in [0.717, 1.165) is 5.56 Å². The van der Waals surface area contributed by atoms with Gasteiger partial charge in [-0.2, -0.15) is 4.98 Å². The molecule has 0 unspecified atom stereocenters. The third kappa shape index (κ3) is 3.33. The van der Waals surface area contributed by atoms with Crippen molar-refractivity contribution in [3.05, 3.63) is 62.1 Å². The van der Waals surface area contributed by atoms with E-state index in [1.54, 1.807) is 18.3 Å². The minimum atomic E-state index is -0.754. The van der Waals surface area contributed by atoms with Crippen molar-refractivity contribution in [3.63, 3.8) is 0 Å². The number of esters is 1. The van der Waals surface area contributed by atoms with Gasteiger partial charge in [0.2, 0.25) is 0 Å². The number of fused-ring (bicyclic) bond motifs is 1. The van der Waals surface area contributed by atoms with Gasteiger partial charge in [-0.05, 0) is 17.7 Å². The molecule has 3 rings (SSSR count). The zero-order valence-electron chi connectivity index (χ0n) is 12.4. The molecule has 0 fully saturated rings. The van der Waals surface area contributed by atoms with E-state index < -0.39 is 17.2 Å². The molecule has 2 aliphatic heterocycles. The fourth-order valence-electron chi connectivity index (χ4n) is 2.23. The molecule has 0 saturated carbocycles. The van der Waals surface area contributed by atoms with Crippen LogP contribution in [0.2, 0.25) is 5.15 Å². The Morgan fingerprint density at radius 1 is 1.38 bits per heavy atom. The predicted molar refractivity (Wildman–Crippen MR) is 85.4 cm³/mol. The Hall–Kier alpha value is -3.00. The van der Waals surface area contributed by atoms with Gasteiger partial charge in [-0.15, -0.1) is 0 Å². The smallest absolute Gasteiger partial charge is 0.349 e. The number of ether oxygens (including phenoxy) is 1. The number of carbonyl (C=O) groups excluding carboxylic acids is 1. The van der Waals surface area contributed by atoms with Crippen molar-refractivity contribution in [2.24, 2.45) is 0 Å². The molecule has 1 aromatic heterocycles. The van der Waals surface area contributed by atoms with E-state index in [0.29, 0.717) is 5.15 Å². The zero-order valence-corrected chi connectivity index (χ0v) is 13.2. The third-order valence-electron chi connectivity index (χ3n) is 3.16. The molecule has 0 amide bonds. The fraction of sp³-hybridized carbons (Fsp3) is 0.133. The van der Waals surface area contributed by atoms with Crippen molar-refractivity contribution in [2.75, 3.05) is 0 Å². The van der Waals surface area contributed by atoms with Crippen LogP contribution in [-0.2, 0) is 11.3 Å². The first-order valence-electron chi connectivity index (χ1n) is 6.86. The summed E-state index contributed by atoms with van der Waals surface area (Å²) in [4.78, 5) is 44.6. The first kappa shape index (κ1) is 15.9. The van der Waals surface area contributed by atoms with E-state index >= 15 is 0 Å². The summed E-state index contributed by atoms with van der Waals surface area (Å²) in [6, 6.07) is 4.73. The molecule has 0 spiro atoms. The Bertz CT molecular complexity index is 994. The molecule has 0 aliphatic carbocycles.